The first-order chi connectivity index (χ1) is 6.77. The topological polar surface area (TPSA) is 32.3 Å². The van der Waals surface area contributed by atoms with Crippen molar-refractivity contribution in [3.8, 4) is 0 Å². The average molecular weight is 233 g/mol. The van der Waals surface area contributed by atoms with E-state index < -0.39 is 0 Å². The van der Waals surface area contributed by atoms with Gasteiger partial charge in [-0.2, -0.15) is 0 Å². The second kappa shape index (κ2) is 5.71. The van der Waals surface area contributed by atoms with E-state index in [1.165, 1.54) is 25.7 Å². The normalized spacial score (nSPS) is 25.5. The fourth-order valence-electron chi connectivity index (χ4n) is 2.08. The molecule has 1 saturated heterocycles. The van der Waals surface area contributed by atoms with E-state index in [1.807, 2.05) is 11.9 Å². The number of carbonyl (C=O) groups excluding carboxylic acids is 1. The van der Waals surface area contributed by atoms with Crippen molar-refractivity contribution < 1.29 is 4.79 Å². The molecule has 0 spiro atoms. The van der Waals surface area contributed by atoms with Gasteiger partial charge in [0, 0.05) is 26.1 Å². The average Bonchev–Trinajstić information content (AvgIpc) is 3.02. The fourth-order valence-corrected chi connectivity index (χ4v) is 2.08. The lowest BCUT2D eigenvalue weighted by Gasteiger charge is -2.31. The molecular formula is C11H21ClN2O. The number of hydrogen-bond acceptors (Lipinski definition) is 2. The number of piperidine rings is 1. The zero-order valence-corrected chi connectivity index (χ0v) is 10.2. The Bertz CT molecular complexity index is 213. The minimum Gasteiger partial charge on any atom is -0.341 e. The van der Waals surface area contributed by atoms with E-state index in [0.717, 1.165) is 19.5 Å². The summed E-state index contributed by atoms with van der Waals surface area (Å²) in [5.41, 5.74) is 0. The molecule has 2 fully saturated rings. The van der Waals surface area contributed by atoms with Gasteiger partial charge >= 0.3 is 0 Å². The molecule has 2 rings (SSSR count). The van der Waals surface area contributed by atoms with E-state index in [1.54, 1.807) is 0 Å². The molecule has 1 heterocycles. The van der Waals surface area contributed by atoms with Crippen molar-refractivity contribution in [3.05, 3.63) is 0 Å². The molecule has 0 unspecified atom stereocenters. The van der Waals surface area contributed by atoms with Gasteiger partial charge in [0.1, 0.15) is 0 Å². The van der Waals surface area contributed by atoms with Crippen molar-refractivity contribution in [2.45, 2.75) is 38.1 Å². The summed E-state index contributed by atoms with van der Waals surface area (Å²) in [6.07, 6.45) is 5.68. The van der Waals surface area contributed by atoms with Gasteiger partial charge in [0.2, 0.25) is 5.91 Å². The Hall–Kier alpha value is -0.280. The second-order valence-electron chi connectivity index (χ2n) is 4.65. The summed E-state index contributed by atoms with van der Waals surface area (Å²) in [6, 6.07) is 0.440. The molecule has 0 aromatic rings. The van der Waals surface area contributed by atoms with Crippen LogP contribution >= 0.6 is 12.4 Å². The van der Waals surface area contributed by atoms with Gasteiger partial charge in [-0.05, 0) is 38.1 Å². The third-order valence-corrected chi connectivity index (χ3v) is 3.37. The van der Waals surface area contributed by atoms with Crippen LogP contribution in [0.1, 0.15) is 32.1 Å². The SMILES string of the molecule is CN(C(=O)CC1CC1)[C@@H]1CCCNC1.Cl. The number of halogens is 1. The Morgan fingerprint density at radius 2 is 2.13 bits per heavy atom. The van der Waals surface area contributed by atoms with Gasteiger partial charge in [0.15, 0.2) is 0 Å². The van der Waals surface area contributed by atoms with Gasteiger partial charge in [-0.15, -0.1) is 12.4 Å². The molecular weight excluding hydrogens is 212 g/mol. The highest BCUT2D eigenvalue weighted by Gasteiger charge is 2.28. The van der Waals surface area contributed by atoms with Crippen LogP contribution in [-0.4, -0.2) is 37.0 Å². The molecule has 1 aliphatic carbocycles. The summed E-state index contributed by atoms with van der Waals surface area (Å²) in [4.78, 5) is 13.8. The molecule has 1 atom stereocenters. The van der Waals surface area contributed by atoms with Crippen molar-refractivity contribution in [1.82, 2.24) is 10.2 Å². The Morgan fingerprint density at radius 3 is 2.67 bits per heavy atom. The van der Waals surface area contributed by atoms with Crippen LogP contribution in [-0.2, 0) is 4.79 Å². The molecule has 0 aromatic heterocycles. The van der Waals surface area contributed by atoms with E-state index in [0.29, 0.717) is 17.9 Å². The lowest BCUT2D eigenvalue weighted by atomic mass is 10.1. The Labute approximate surface area is 98.0 Å². The number of likely N-dealkylation sites (N-methyl/N-ethyl adjacent to an activating group) is 1. The quantitative estimate of drug-likeness (QED) is 0.798. The van der Waals surface area contributed by atoms with Gasteiger partial charge in [0.05, 0.1) is 0 Å². The largest absolute Gasteiger partial charge is 0.341 e. The maximum atomic E-state index is 11.8. The van der Waals surface area contributed by atoms with E-state index in [9.17, 15) is 4.79 Å². The predicted molar refractivity (Wildman–Crippen MR) is 63.3 cm³/mol. The zero-order chi connectivity index (χ0) is 9.97. The Morgan fingerprint density at radius 1 is 1.40 bits per heavy atom. The second-order valence-corrected chi connectivity index (χ2v) is 4.65. The molecule has 0 radical (unpaired) electrons. The smallest absolute Gasteiger partial charge is 0.222 e. The molecule has 4 heteroatoms. The number of nitrogens with one attached hydrogen (secondary N) is 1. The van der Waals surface area contributed by atoms with E-state index in [-0.39, 0.29) is 12.4 Å². The summed E-state index contributed by atoms with van der Waals surface area (Å²) in [5.74, 6) is 1.06. The lowest BCUT2D eigenvalue weighted by Crippen LogP contribution is -2.46. The number of amides is 1. The van der Waals surface area contributed by atoms with Crippen LogP contribution < -0.4 is 5.32 Å². The van der Waals surface area contributed by atoms with E-state index >= 15 is 0 Å². The molecule has 1 amide bonds. The fraction of sp³-hybridized carbons (Fsp3) is 0.909. The molecule has 0 bridgehead atoms. The Balaban J connectivity index is 0.00000112. The lowest BCUT2D eigenvalue weighted by molar-refractivity contribution is -0.132. The van der Waals surface area contributed by atoms with Crippen molar-refractivity contribution >= 4 is 18.3 Å². The molecule has 3 nitrogen and oxygen atoms in total. The monoisotopic (exact) mass is 232 g/mol. The molecule has 1 aliphatic heterocycles. The van der Waals surface area contributed by atoms with Crippen molar-refractivity contribution in [2.75, 3.05) is 20.1 Å². The number of nitrogens with zero attached hydrogens (tertiary/aromatic N) is 1. The maximum Gasteiger partial charge on any atom is 0.222 e. The molecule has 88 valence electrons. The molecule has 15 heavy (non-hydrogen) atoms. The van der Waals surface area contributed by atoms with Gasteiger partial charge < -0.3 is 10.2 Å². The molecule has 1 N–H and O–H groups in total. The van der Waals surface area contributed by atoms with Crippen LogP contribution in [0.5, 0.6) is 0 Å². The molecule has 2 aliphatic rings. The predicted octanol–water partition coefficient (Wildman–Crippen LogP) is 1.42. The van der Waals surface area contributed by atoms with Crippen LogP contribution in [0, 0.1) is 5.92 Å². The van der Waals surface area contributed by atoms with Gasteiger partial charge in [-0.25, -0.2) is 0 Å². The minimum absolute atomic E-state index is 0. The number of carbonyl (C=O) groups is 1. The third kappa shape index (κ3) is 3.65. The van der Waals surface area contributed by atoms with Crippen molar-refractivity contribution in [1.29, 1.82) is 0 Å². The molecule has 1 saturated carbocycles. The van der Waals surface area contributed by atoms with Crippen LogP contribution in [0.4, 0.5) is 0 Å². The minimum atomic E-state index is 0. The van der Waals surface area contributed by atoms with E-state index in [4.69, 9.17) is 0 Å². The van der Waals surface area contributed by atoms with Crippen LogP contribution in [0.2, 0.25) is 0 Å². The summed E-state index contributed by atoms with van der Waals surface area (Å²) < 4.78 is 0. The summed E-state index contributed by atoms with van der Waals surface area (Å²) in [7, 11) is 1.96. The number of rotatable bonds is 3. The summed E-state index contributed by atoms with van der Waals surface area (Å²) in [5, 5.41) is 3.35. The molecule has 0 aromatic carbocycles. The first-order valence-electron chi connectivity index (χ1n) is 5.74. The number of hydrogen-bond donors (Lipinski definition) is 1. The third-order valence-electron chi connectivity index (χ3n) is 3.37. The van der Waals surface area contributed by atoms with Gasteiger partial charge in [-0.3, -0.25) is 4.79 Å². The highest BCUT2D eigenvalue weighted by Crippen LogP contribution is 2.33. The Kier molecular flexibility index (Phi) is 4.87. The van der Waals surface area contributed by atoms with Crippen LogP contribution in [0.3, 0.4) is 0 Å². The first-order valence-corrected chi connectivity index (χ1v) is 5.74. The standard InChI is InChI=1S/C11H20N2O.ClH/c1-13(10-3-2-6-12-8-10)11(14)7-9-4-5-9;/h9-10,12H,2-8H2,1H3;1H/t10-;/m1./s1. The highest BCUT2D eigenvalue weighted by atomic mass is 35.5. The van der Waals surface area contributed by atoms with Crippen LogP contribution in [0.15, 0.2) is 0 Å². The van der Waals surface area contributed by atoms with Crippen molar-refractivity contribution in [3.63, 3.8) is 0 Å². The maximum absolute atomic E-state index is 11.8. The van der Waals surface area contributed by atoms with Crippen LogP contribution in [0.25, 0.3) is 0 Å². The summed E-state index contributed by atoms with van der Waals surface area (Å²) >= 11 is 0. The van der Waals surface area contributed by atoms with Gasteiger partial charge in [0.25, 0.3) is 0 Å². The zero-order valence-electron chi connectivity index (χ0n) is 9.37. The van der Waals surface area contributed by atoms with Gasteiger partial charge in [-0.1, -0.05) is 0 Å². The van der Waals surface area contributed by atoms with E-state index in [2.05, 4.69) is 5.32 Å². The highest BCUT2D eigenvalue weighted by molar-refractivity contribution is 5.85. The first kappa shape index (κ1) is 12.8. The summed E-state index contributed by atoms with van der Waals surface area (Å²) in [6.45, 7) is 2.09. The van der Waals surface area contributed by atoms with Crippen molar-refractivity contribution in [2.24, 2.45) is 5.92 Å².